The van der Waals surface area contributed by atoms with Gasteiger partial charge in [-0.15, -0.1) is 0 Å². The number of nitrogens with one attached hydrogen (secondary N) is 3. The Morgan fingerprint density at radius 2 is 1.48 bits per heavy atom. The first kappa shape index (κ1) is 24.2. The molecule has 33 heavy (non-hydrogen) atoms. The first-order valence-corrected chi connectivity index (χ1v) is 11.9. The van der Waals surface area contributed by atoms with Crippen LogP contribution in [-0.4, -0.2) is 26.9 Å². The second kappa shape index (κ2) is 9.58. The molecule has 3 aromatic rings. The predicted octanol–water partition coefficient (Wildman–Crippen LogP) is 4.92. The number of carbonyl (C=O) groups is 2. The summed E-state index contributed by atoms with van der Waals surface area (Å²) in [7, 11) is -3.95. The largest absolute Gasteiger partial charge is 0.326 e. The molecule has 0 saturated heterocycles. The fraction of sp³-hybridized carbons (Fsp3) is 0.250. The molecule has 0 aliphatic heterocycles. The van der Waals surface area contributed by atoms with Gasteiger partial charge in [0, 0.05) is 34.3 Å². The van der Waals surface area contributed by atoms with Crippen LogP contribution >= 0.6 is 0 Å². The smallest absolute Gasteiger partial charge is 0.262 e. The van der Waals surface area contributed by atoms with Crippen LogP contribution in [0.1, 0.15) is 27.2 Å². The number of hydrogen-bond acceptors (Lipinski definition) is 4. The van der Waals surface area contributed by atoms with Gasteiger partial charge in [-0.25, -0.2) is 12.8 Å². The molecule has 0 fully saturated rings. The molecule has 0 bridgehead atoms. The van der Waals surface area contributed by atoms with Crippen LogP contribution in [0.4, 0.5) is 21.5 Å². The molecule has 174 valence electrons. The van der Waals surface area contributed by atoms with E-state index >= 15 is 0 Å². The maximum absolute atomic E-state index is 13.1. The van der Waals surface area contributed by atoms with E-state index < -0.39 is 28.0 Å². The second-order valence-electron chi connectivity index (χ2n) is 8.21. The number of alkyl halides is 1. The maximum Gasteiger partial charge on any atom is 0.262 e. The van der Waals surface area contributed by atoms with Crippen LogP contribution in [0.5, 0.6) is 0 Å². The highest BCUT2D eigenvalue weighted by atomic mass is 32.2. The van der Waals surface area contributed by atoms with Gasteiger partial charge >= 0.3 is 0 Å². The number of anilines is 3. The lowest BCUT2D eigenvalue weighted by molar-refractivity contribution is -0.124. The molecule has 2 amide bonds. The van der Waals surface area contributed by atoms with E-state index in [1.54, 1.807) is 37.3 Å². The molecule has 0 aliphatic rings. The lowest BCUT2D eigenvalue weighted by Crippen LogP contribution is -2.32. The summed E-state index contributed by atoms with van der Waals surface area (Å²) in [6.45, 7) is 3.92. The van der Waals surface area contributed by atoms with Crippen molar-refractivity contribution in [3.8, 4) is 0 Å². The van der Waals surface area contributed by atoms with Gasteiger partial charge in [-0.3, -0.25) is 14.3 Å². The Hall–Kier alpha value is -3.46. The Kier molecular flexibility index (Phi) is 7.02. The maximum atomic E-state index is 13.1. The first-order chi connectivity index (χ1) is 15.6. The second-order valence-corrected chi connectivity index (χ2v) is 9.86. The third kappa shape index (κ3) is 5.48. The van der Waals surface area contributed by atoms with E-state index in [-0.39, 0.29) is 10.8 Å². The van der Waals surface area contributed by atoms with Crippen molar-refractivity contribution in [1.29, 1.82) is 0 Å². The van der Waals surface area contributed by atoms with E-state index in [2.05, 4.69) is 15.4 Å². The highest BCUT2D eigenvalue weighted by Crippen LogP contribution is 2.30. The number of fused-ring (bicyclic) bond motifs is 1. The molecule has 0 spiro atoms. The predicted molar refractivity (Wildman–Crippen MR) is 129 cm³/mol. The monoisotopic (exact) mass is 471 g/mol. The average molecular weight is 472 g/mol. The molecule has 0 radical (unpaired) electrons. The summed E-state index contributed by atoms with van der Waals surface area (Å²) in [6.07, 6.45) is 0.303. The number of sulfonamides is 1. The van der Waals surface area contributed by atoms with Crippen LogP contribution in [0.25, 0.3) is 10.8 Å². The zero-order valence-corrected chi connectivity index (χ0v) is 19.4. The van der Waals surface area contributed by atoms with Crippen LogP contribution in [0.2, 0.25) is 0 Å². The Morgan fingerprint density at radius 1 is 0.879 bits per heavy atom. The highest BCUT2D eigenvalue weighted by Gasteiger charge is 2.27. The first-order valence-electron chi connectivity index (χ1n) is 10.4. The number of rotatable bonds is 8. The molecular formula is C24H26FN3O4S. The molecule has 3 aromatic carbocycles. The quantitative estimate of drug-likeness (QED) is 0.434. The van der Waals surface area contributed by atoms with E-state index in [1.165, 1.54) is 44.2 Å². The fourth-order valence-electron chi connectivity index (χ4n) is 3.06. The van der Waals surface area contributed by atoms with Gasteiger partial charge < -0.3 is 10.6 Å². The third-order valence-corrected chi connectivity index (χ3v) is 6.55. The summed E-state index contributed by atoms with van der Waals surface area (Å²) in [5.74, 6) is -0.643. The molecule has 3 N–H and O–H groups in total. The molecule has 0 atom stereocenters. The SMILES string of the molecule is CCC(=O)Nc1cccc2c(S(=O)(=O)Nc3ccc(NC(=O)C(C)(C)CF)cc3)cccc12. The van der Waals surface area contributed by atoms with Gasteiger partial charge in [0.1, 0.15) is 6.67 Å². The minimum absolute atomic E-state index is 0.0645. The van der Waals surface area contributed by atoms with Gasteiger partial charge in [-0.2, -0.15) is 0 Å². The summed E-state index contributed by atoms with van der Waals surface area (Å²) in [4.78, 5) is 24.0. The minimum atomic E-state index is -3.95. The van der Waals surface area contributed by atoms with Gasteiger partial charge in [0.25, 0.3) is 10.0 Å². The van der Waals surface area contributed by atoms with Crippen molar-refractivity contribution in [2.24, 2.45) is 5.41 Å². The van der Waals surface area contributed by atoms with Crippen LogP contribution in [0.15, 0.2) is 65.6 Å². The van der Waals surface area contributed by atoms with Crippen LogP contribution < -0.4 is 15.4 Å². The van der Waals surface area contributed by atoms with E-state index in [0.29, 0.717) is 34.3 Å². The molecule has 0 aromatic heterocycles. The van der Waals surface area contributed by atoms with E-state index in [9.17, 15) is 22.4 Å². The van der Waals surface area contributed by atoms with Crippen molar-refractivity contribution >= 4 is 49.7 Å². The Labute approximate surface area is 192 Å². The highest BCUT2D eigenvalue weighted by molar-refractivity contribution is 7.93. The van der Waals surface area contributed by atoms with Gasteiger partial charge in [0.2, 0.25) is 11.8 Å². The van der Waals surface area contributed by atoms with Gasteiger partial charge in [-0.1, -0.05) is 31.2 Å². The Morgan fingerprint density at radius 3 is 2.12 bits per heavy atom. The molecule has 0 saturated carbocycles. The summed E-state index contributed by atoms with van der Waals surface area (Å²) >= 11 is 0. The van der Waals surface area contributed by atoms with Crippen LogP contribution in [-0.2, 0) is 19.6 Å². The van der Waals surface area contributed by atoms with Gasteiger partial charge in [0.05, 0.1) is 10.3 Å². The van der Waals surface area contributed by atoms with Gasteiger partial charge in [-0.05, 0) is 50.2 Å². The third-order valence-electron chi connectivity index (χ3n) is 5.11. The normalized spacial score (nSPS) is 11.8. The number of benzene rings is 3. The molecule has 9 heteroatoms. The summed E-state index contributed by atoms with van der Waals surface area (Å²) in [5, 5.41) is 6.48. The molecule has 0 aliphatic carbocycles. The number of hydrogen-bond donors (Lipinski definition) is 3. The zero-order valence-electron chi connectivity index (χ0n) is 18.6. The molecular weight excluding hydrogens is 445 g/mol. The Balaban J connectivity index is 1.86. The zero-order chi connectivity index (χ0) is 24.2. The molecule has 3 rings (SSSR count). The van der Waals surface area contributed by atoms with E-state index in [0.717, 1.165) is 0 Å². The fourth-order valence-corrected chi connectivity index (χ4v) is 4.34. The van der Waals surface area contributed by atoms with Crippen LogP contribution in [0.3, 0.4) is 0 Å². The van der Waals surface area contributed by atoms with Crippen molar-refractivity contribution in [1.82, 2.24) is 0 Å². The summed E-state index contributed by atoms with van der Waals surface area (Å²) < 4.78 is 41.8. The minimum Gasteiger partial charge on any atom is -0.326 e. The standard InChI is InChI=1S/C24H26FN3O4S/c1-4-22(29)27-20-9-5-8-19-18(20)7-6-10-21(19)33(31,32)28-17-13-11-16(12-14-17)26-23(30)24(2,3)15-25/h5-14,28H,4,15H2,1-3H3,(H,26,30)(H,27,29). The lowest BCUT2D eigenvalue weighted by Gasteiger charge is -2.19. The number of carbonyl (C=O) groups excluding carboxylic acids is 2. The van der Waals surface area contributed by atoms with Crippen molar-refractivity contribution < 1.29 is 22.4 Å². The van der Waals surface area contributed by atoms with Crippen molar-refractivity contribution in [3.05, 3.63) is 60.7 Å². The lowest BCUT2D eigenvalue weighted by atomic mass is 9.94. The Bertz CT molecular complexity index is 1290. The van der Waals surface area contributed by atoms with E-state index in [1.807, 2.05) is 0 Å². The molecule has 7 nitrogen and oxygen atoms in total. The molecule has 0 unspecified atom stereocenters. The van der Waals surface area contributed by atoms with Crippen LogP contribution in [0, 0.1) is 5.41 Å². The summed E-state index contributed by atoms with van der Waals surface area (Å²) in [6, 6.07) is 16.0. The average Bonchev–Trinajstić information content (AvgIpc) is 2.79. The molecule has 0 heterocycles. The van der Waals surface area contributed by atoms with Crippen molar-refractivity contribution in [2.75, 3.05) is 22.0 Å². The van der Waals surface area contributed by atoms with E-state index in [4.69, 9.17) is 0 Å². The summed E-state index contributed by atoms with van der Waals surface area (Å²) in [5.41, 5.74) is 0.0909. The van der Waals surface area contributed by atoms with Crippen molar-refractivity contribution in [2.45, 2.75) is 32.1 Å². The number of amides is 2. The van der Waals surface area contributed by atoms with Crippen molar-refractivity contribution in [3.63, 3.8) is 0 Å². The number of halogens is 1. The topological polar surface area (TPSA) is 104 Å². The van der Waals surface area contributed by atoms with Gasteiger partial charge in [0.15, 0.2) is 0 Å².